The minimum Gasteiger partial charge on any atom is -0.349 e. The number of thiazole rings is 1. The predicted octanol–water partition coefficient (Wildman–Crippen LogP) is 3.22. The largest absolute Gasteiger partial charge is 0.405 e. The van der Waals surface area contributed by atoms with Crippen molar-refractivity contribution in [2.24, 2.45) is 0 Å². The summed E-state index contributed by atoms with van der Waals surface area (Å²) in [6, 6.07) is 7.64. The smallest absolute Gasteiger partial charge is 0.349 e. The number of carbonyl (C=O) groups is 1. The first-order valence-electron chi connectivity index (χ1n) is 8.26. The number of alkyl halides is 3. The molecule has 5 nitrogen and oxygen atoms in total. The number of benzene rings is 1. The maximum absolute atomic E-state index is 13.4. The third kappa shape index (κ3) is 6.31. The van der Waals surface area contributed by atoms with Crippen molar-refractivity contribution in [3.63, 3.8) is 0 Å². The Morgan fingerprint density at radius 1 is 1.21 bits per heavy atom. The zero-order chi connectivity index (χ0) is 18.6. The number of aromatic nitrogens is 1. The minimum absolute atomic E-state index is 0. The van der Waals surface area contributed by atoms with E-state index in [9.17, 15) is 18.0 Å². The number of amides is 1. The highest BCUT2D eigenvalue weighted by Crippen LogP contribution is 2.26. The highest BCUT2D eigenvalue weighted by Gasteiger charge is 2.43. The molecule has 2 aromatic rings. The Balaban J connectivity index is 0.00000196. The quantitative estimate of drug-likeness (QED) is 0.724. The fourth-order valence-electron chi connectivity index (χ4n) is 2.82. The summed E-state index contributed by atoms with van der Waals surface area (Å²) < 4.78 is 40.1. The van der Waals surface area contributed by atoms with Crippen molar-refractivity contribution < 1.29 is 18.0 Å². The summed E-state index contributed by atoms with van der Waals surface area (Å²) in [5, 5.41) is 6.10. The third-order valence-electron chi connectivity index (χ3n) is 4.18. The van der Waals surface area contributed by atoms with Gasteiger partial charge in [-0.3, -0.25) is 9.69 Å². The van der Waals surface area contributed by atoms with Gasteiger partial charge in [-0.05, 0) is 0 Å². The Bertz CT molecular complexity index is 740. The number of nitrogens with zero attached hydrogens (tertiary/aromatic N) is 2. The summed E-state index contributed by atoms with van der Waals surface area (Å²) in [6.45, 7) is 1.16. The summed E-state index contributed by atoms with van der Waals surface area (Å²) in [4.78, 5) is 18.1. The molecule has 1 aromatic heterocycles. The molecule has 1 aliphatic rings. The number of hydrogen-bond acceptors (Lipinski definition) is 5. The molecule has 0 spiro atoms. The molecule has 1 fully saturated rings. The number of piperazine rings is 1. The van der Waals surface area contributed by atoms with Crippen molar-refractivity contribution >= 4 is 42.1 Å². The van der Waals surface area contributed by atoms with Gasteiger partial charge >= 0.3 is 6.18 Å². The lowest BCUT2D eigenvalue weighted by Crippen LogP contribution is -2.57. The second-order valence-electron chi connectivity index (χ2n) is 5.95. The second-order valence-corrected chi connectivity index (χ2v) is 6.98. The maximum atomic E-state index is 13.4. The molecule has 3 rings (SSSR count). The van der Waals surface area contributed by atoms with Crippen LogP contribution in [0.1, 0.15) is 9.67 Å². The van der Waals surface area contributed by atoms with Crippen molar-refractivity contribution in [2.75, 3.05) is 32.7 Å². The van der Waals surface area contributed by atoms with Crippen molar-refractivity contribution in [1.29, 1.82) is 0 Å². The Morgan fingerprint density at radius 3 is 2.46 bits per heavy atom. The summed E-state index contributed by atoms with van der Waals surface area (Å²) in [5.74, 6) is -0.533. The van der Waals surface area contributed by atoms with Crippen molar-refractivity contribution in [2.45, 2.75) is 12.2 Å². The lowest BCUT2D eigenvalue weighted by atomic mass is 10.2. The first kappa shape index (κ1) is 24.6. The van der Waals surface area contributed by atoms with E-state index in [1.54, 1.807) is 0 Å². The zero-order valence-corrected chi connectivity index (χ0v) is 17.2. The van der Waals surface area contributed by atoms with Crippen LogP contribution in [0.3, 0.4) is 0 Å². The molecular weight excluding hydrogens is 436 g/mol. The predicted molar refractivity (Wildman–Crippen MR) is 109 cm³/mol. The second kappa shape index (κ2) is 11.0. The molecule has 156 valence electrons. The van der Waals surface area contributed by atoms with E-state index in [1.807, 2.05) is 30.3 Å². The molecule has 1 saturated heterocycles. The van der Waals surface area contributed by atoms with E-state index in [0.29, 0.717) is 36.1 Å². The van der Waals surface area contributed by atoms with Crippen LogP contribution in [-0.4, -0.2) is 60.7 Å². The molecular formula is C17H21Cl2F3N4OS. The molecule has 11 heteroatoms. The topological polar surface area (TPSA) is 57.3 Å². The van der Waals surface area contributed by atoms with E-state index in [0.717, 1.165) is 16.9 Å². The molecule has 1 aliphatic heterocycles. The van der Waals surface area contributed by atoms with E-state index in [2.05, 4.69) is 15.6 Å². The van der Waals surface area contributed by atoms with Crippen LogP contribution in [0.2, 0.25) is 0 Å². The first-order chi connectivity index (χ1) is 12.4. The third-order valence-corrected chi connectivity index (χ3v) is 5.22. The fourth-order valence-corrected chi connectivity index (χ4v) is 3.65. The van der Waals surface area contributed by atoms with Gasteiger partial charge < -0.3 is 10.6 Å². The molecule has 2 heterocycles. The molecule has 28 heavy (non-hydrogen) atoms. The summed E-state index contributed by atoms with van der Waals surface area (Å²) in [7, 11) is 0. The van der Waals surface area contributed by atoms with E-state index in [-0.39, 0.29) is 24.8 Å². The Morgan fingerprint density at radius 2 is 1.86 bits per heavy atom. The van der Waals surface area contributed by atoms with Crippen LogP contribution in [0.15, 0.2) is 36.5 Å². The summed E-state index contributed by atoms with van der Waals surface area (Å²) >= 11 is 1.16. The average Bonchev–Trinajstić information content (AvgIpc) is 3.12. The number of nitrogens with one attached hydrogen (secondary N) is 2. The van der Waals surface area contributed by atoms with Gasteiger partial charge in [-0.2, -0.15) is 13.2 Å². The molecule has 1 atom stereocenters. The van der Waals surface area contributed by atoms with E-state index in [4.69, 9.17) is 0 Å². The molecule has 0 aliphatic carbocycles. The average molecular weight is 457 g/mol. The highest BCUT2D eigenvalue weighted by atomic mass is 35.5. The van der Waals surface area contributed by atoms with Gasteiger partial charge in [-0.1, -0.05) is 30.3 Å². The highest BCUT2D eigenvalue weighted by molar-refractivity contribution is 7.16. The molecule has 0 radical (unpaired) electrons. The molecule has 2 N–H and O–H groups in total. The Labute approximate surface area is 177 Å². The lowest BCUT2D eigenvalue weighted by molar-refractivity contribution is -0.183. The number of carbonyl (C=O) groups excluding carboxylic acids is 1. The Hall–Kier alpha value is -1.39. The summed E-state index contributed by atoms with van der Waals surface area (Å²) in [6.07, 6.45) is -3.00. The first-order valence-corrected chi connectivity index (χ1v) is 9.08. The van der Waals surface area contributed by atoms with Crippen LogP contribution < -0.4 is 10.6 Å². The molecule has 0 bridgehead atoms. The van der Waals surface area contributed by atoms with Crippen LogP contribution in [0, 0.1) is 0 Å². The Kier molecular flexibility index (Phi) is 9.65. The molecule has 1 aromatic carbocycles. The van der Waals surface area contributed by atoms with Gasteiger partial charge in [0.1, 0.15) is 15.9 Å². The van der Waals surface area contributed by atoms with Crippen LogP contribution >= 0.6 is 36.2 Å². The van der Waals surface area contributed by atoms with Crippen LogP contribution in [0.5, 0.6) is 0 Å². The maximum Gasteiger partial charge on any atom is 0.405 e. The number of halogens is 5. The van der Waals surface area contributed by atoms with E-state index < -0.39 is 24.7 Å². The SMILES string of the molecule is Cl.Cl.O=C(NCC(N1CCNCC1)C(F)(F)F)c1cnc(-c2ccccc2)s1. The van der Waals surface area contributed by atoms with Crippen molar-refractivity contribution in [1.82, 2.24) is 20.5 Å². The van der Waals surface area contributed by atoms with Crippen LogP contribution in [-0.2, 0) is 0 Å². The zero-order valence-electron chi connectivity index (χ0n) is 14.7. The standard InChI is InChI=1S/C17H19F3N4OS.2ClH/c18-17(19,20)14(24-8-6-21-7-9-24)11-22-15(25)13-10-23-16(26-13)12-4-2-1-3-5-12;;/h1-5,10,14,21H,6-9,11H2,(H,22,25);2*1H. The molecule has 1 unspecified atom stereocenters. The monoisotopic (exact) mass is 456 g/mol. The van der Waals surface area contributed by atoms with Gasteiger partial charge in [0.2, 0.25) is 0 Å². The van der Waals surface area contributed by atoms with Gasteiger partial charge in [-0.15, -0.1) is 36.2 Å². The van der Waals surface area contributed by atoms with E-state index in [1.165, 1.54) is 11.1 Å². The fraction of sp³-hybridized carbons (Fsp3) is 0.412. The van der Waals surface area contributed by atoms with Crippen molar-refractivity contribution in [3.05, 3.63) is 41.4 Å². The van der Waals surface area contributed by atoms with Gasteiger partial charge in [0.05, 0.1) is 6.20 Å². The van der Waals surface area contributed by atoms with Gasteiger partial charge in [-0.25, -0.2) is 4.98 Å². The summed E-state index contributed by atoms with van der Waals surface area (Å²) in [5.41, 5.74) is 0.866. The minimum atomic E-state index is -4.40. The van der Waals surface area contributed by atoms with Gasteiger partial charge in [0.15, 0.2) is 0 Å². The van der Waals surface area contributed by atoms with Gasteiger partial charge in [0.25, 0.3) is 5.91 Å². The van der Waals surface area contributed by atoms with Gasteiger partial charge in [0, 0.05) is 38.3 Å². The number of hydrogen-bond donors (Lipinski definition) is 2. The molecule has 1 amide bonds. The lowest BCUT2D eigenvalue weighted by Gasteiger charge is -2.35. The van der Waals surface area contributed by atoms with Crippen molar-refractivity contribution in [3.8, 4) is 10.6 Å². The van der Waals surface area contributed by atoms with E-state index >= 15 is 0 Å². The van der Waals surface area contributed by atoms with Crippen LogP contribution in [0.4, 0.5) is 13.2 Å². The number of rotatable bonds is 5. The normalized spacial score (nSPS) is 15.8. The molecule has 0 saturated carbocycles. The van der Waals surface area contributed by atoms with Crippen LogP contribution in [0.25, 0.3) is 10.6 Å².